The maximum Gasteiger partial charge on any atom is 0.341 e. The minimum absolute atomic E-state index is 0.206. The SMILES string of the molecule is Cc1c(C(=O)O)c(=O)n(C)c2c(Cl)cccc12. The van der Waals surface area contributed by atoms with E-state index in [4.69, 9.17) is 16.7 Å². The van der Waals surface area contributed by atoms with Crippen LogP contribution in [-0.2, 0) is 7.05 Å². The summed E-state index contributed by atoms with van der Waals surface area (Å²) in [4.78, 5) is 23.0. The number of fused-ring (bicyclic) bond motifs is 1. The lowest BCUT2D eigenvalue weighted by molar-refractivity contribution is 0.0694. The molecule has 0 fully saturated rings. The Morgan fingerprint density at radius 1 is 1.41 bits per heavy atom. The van der Waals surface area contributed by atoms with E-state index < -0.39 is 11.5 Å². The monoisotopic (exact) mass is 251 g/mol. The Kier molecular flexibility index (Phi) is 2.67. The van der Waals surface area contributed by atoms with Crippen molar-refractivity contribution in [3.63, 3.8) is 0 Å². The van der Waals surface area contributed by atoms with Crippen molar-refractivity contribution < 1.29 is 9.90 Å². The molecule has 0 atom stereocenters. The van der Waals surface area contributed by atoms with Crippen LogP contribution in [0.5, 0.6) is 0 Å². The number of para-hydroxylation sites is 1. The molecule has 0 saturated carbocycles. The van der Waals surface area contributed by atoms with Crippen LogP contribution >= 0.6 is 11.6 Å². The molecule has 1 heterocycles. The van der Waals surface area contributed by atoms with Crippen molar-refractivity contribution in [3.05, 3.63) is 44.7 Å². The van der Waals surface area contributed by atoms with E-state index in [-0.39, 0.29) is 5.56 Å². The van der Waals surface area contributed by atoms with Crippen molar-refractivity contribution in [2.75, 3.05) is 0 Å². The smallest absolute Gasteiger partial charge is 0.341 e. The summed E-state index contributed by atoms with van der Waals surface area (Å²) < 4.78 is 1.27. The predicted octanol–water partition coefficient (Wildman–Crippen LogP) is 2.20. The van der Waals surface area contributed by atoms with Crippen molar-refractivity contribution in [2.24, 2.45) is 7.05 Å². The van der Waals surface area contributed by atoms with Crippen LogP contribution in [-0.4, -0.2) is 15.6 Å². The zero-order valence-corrected chi connectivity index (χ0v) is 10.1. The maximum atomic E-state index is 11.9. The summed E-state index contributed by atoms with van der Waals surface area (Å²) in [6, 6.07) is 5.15. The summed E-state index contributed by atoms with van der Waals surface area (Å²) in [5.41, 5.74) is 0.248. The molecule has 2 rings (SSSR count). The topological polar surface area (TPSA) is 59.3 Å². The van der Waals surface area contributed by atoms with Gasteiger partial charge in [-0.05, 0) is 18.6 Å². The number of carboxylic acid groups (broad SMARTS) is 1. The number of hydrogen-bond acceptors (Lipinski definition) is 2. The summed E-state index contributed by atoms with van der Waals surface area (Å²) in [6.45, 7) is 1.61. The summed E-state index contributed by atoms with van der Waals surface area (Å²) in [5, 5.41) is 10.2. The molecule has 0 amide bonds. The van der Waals surface area contributed by atoms with E-state index in [1.807, 2.05) is 0 Å². The first kappa shape index (κ1) is 11.7. The van der Waals surface area contributed by atoms with Gasteiger partial charge in [0, 0.05) is 12.4 Å². The zero-order chi connectivity index (χ0) is 12.7. The number of carbonyl (C=O) groups is 1. The van der Waals surface area contributed by atoms with Crippen LogP contribution < -0.4 is 5.56 Å². The largest absolute Gasteiger partial charge is 0.477 e. The molecule has 0 aliphatic rings. The molecule has 0 aliphatic carbocycles. The number of aromatic carboxylic acids is 1. The first-order valence-electron chi connectivity index (χ1n) is 4.96. The van der Waals surface area contributed by atoms with Crippen LogP contribution in [0.2, 0.25) is 5.02 Å². The van der Waals surface area contributed by atoms with E-state index in [9.17, 15) is 9.59 Å². The van der Waals surface area contributed by atoms with Crippen LogP contribution in [0.15, 0.2) is 23.0 Å². The second-order valence-corrected chi connectivity index (χ2v) is 4.21. The highest BCUT2D eigenvalue weighted by Crippen LogP contribution is 2.25. The van der Waals surface area contributed by atoms with Gasteiger partial charge in [0.15, 0.2) is 0 Å². The average Bonchev–Trinajstić information content (AvgIpc) is 2.25. The van der Waals surface area contributed by atoms with Gasteiger partial charge in [0.2, 0.25) is 0 Å². The predicted molar refractivity (Wildman–Crippen MR) is 65.9 cm³/mol. The van der Waals surface area contributed by atoms with Crippen molar-refractivity contribution in [1.82, 2.24) is 4.57 Å². The summed E-state index contributed by atoms with van der Waals surface area (Å²) in [5.74, 6) is -1.22. The molecule has 17 heavy (non-hydrogen) atoms. The van der Waals surface area contributed by atoms with Gasteiger partial charge >= 0.3 is 5.97 Å². The number of nitrogens with zero attached hydrogens (tertiary/aromatic N) is 1. The fourth-order valence-electron chi connectivity index (χ4n) is 1.98. The third-order valence-corrected chi connectivity index (χ3v) is 3.14. The van der Waals surface area contributed by atoms with Gasteiger partial charge in [0.1, 0.15) is 5.56 Å². The van der Waals surface area contributed by atoms with Gasteiger partial charge in [-0.25, -0.2) is 4.79 Å². The fraction of sp³-hybridized carbons (Fsp3) is 0.167. The van der Waals surface area contributed by atoms with Crippen LogP contribution in [0.4, 0.5) is 0 Å². The van der Waals surface area contributed by atoms with Gasteiger partial charge in [0.25, 0.3) is 5.56 Å². The molecule has 0 saturated heterocycles. The second kappa shape index (κ2) is 3.89. The molecule has 0 spiro atoms. The van der Waals surface area contributed by atoms with Crippen molar-refractivity contribution in [3.8, 4) is 0 Å². The Hall–Kier alpha value is -1.81. The molecular formula is C12H10ClNO3. The Bertz CT molecular complexity index is 688. The van der Waals surface area contributed by atoms with E-state index in [2.05, 4.69) is 0 Å². The molecule has 1 N–H and O–H groups in total. The second-order valence-electron chi connectivity index (χ2n) is 3.81. The third kappa shape index (κ3) is 1.61. The number of carboxylic acids is 1. The summed E-state index contributed by atoms with van der Waals surface area (Å²) in [6.07, 6.45) is 0. The standard InChI is InChI=1S/C12H10ClNO3/c1-6-7-4-3-5-8(13)10(7)14(2)11(15)9(6)12(16)17/h3-5H,1-2H3,(H,16,17). The van der Waals surface area contributed by atoms with E-state index in [0.29, 0.717) is 21.5 Å². The lowest BCUT2D eigenvalue weighted by Gasteiger charge is -2.11. The Balaban J connectivity index is 3.12. The number of pyridine rings is 1. The minimum Gasteiger partial charge on any atom is -0.477 e. The van der Waals surface area contributed by atoms with Gasteiger partial charge in [-0.1, -0.05) is 23.7 Å². The molecule has 2 aromatic rings. The maximum absolute atomic E-state index is 11.9. The number of rotatable bonds is 1. The lowest BCUT2D eigenvalue weighted by atomic mass is 10.0. The van der Waals surface area contributed by atoms with Crippen LogP contribution in [0.3, 0.4) is 0 Å². The van der Waals surface area contributed by atoms with Gasteiger partial charge in [-0.2, -0.15) is 0 Å². The van der Waals surface area contributed by atoms with Crippen LogP contribution in [0.25, 0.3) is 10.9 Å². The molecule has 0 bridgehead atoms. The molecular weight excluding hydrogens is 242 g/mol. The molecule has 0 radical (unpaired) electrons. The quantitative estimate of drug-likeness (QED) is 0.845. The molecule has 88 valence electrons. The third-order valence-electron chi connectivity index (χ3n) is 2.83. The molecule has 4 nitrogen and oxygen atoms in total. The van der Waals surface area contributed by atoms with Crippen LogP contribution in [0, 0.1) is 6.92 Å². The first-order chi connectivity index (χ1) is 7.95. The van der Waals surface area contributed by atoms with Gasteiger partial charge in [0.05, 0.1) is 10.5 Å². The van der Waals surface area contributed by atoms with Gasteiger partial charge in [-0.3, -0.25) is 4.79 Å². The minimum atomic E-state index is -1.22. The first-order valence-corrected chi connectivity index (χ1v) is 5.34. The molecule has 0 aliphatic heterocycles. The van der Waals surface area contributed by atoms with Gasteiger partial charge < -0.3 is 9.67 Å². The van der Waals surface area contributed by atoms with E-state index >= 15 is 0 Å². The average molecular weight is 252 g/mol. The number of hydrogen-bond donors (Lipinski definition) is 1. The zero-order valence-electron chi connectivity index (χ0n) is 9.32. The van der Waals surface area contributed by atoms with E-state index in [1.165, 1.54) is 11.6 Å². The molecule has 1 aromatic carbocycles. The number of aryl methyl sites for hydroxylation is 2. The number of halogens is 1. The highest BCUT2D eigenvalue weighted by Gasteiger charge is 2.18. The van der Waals surface area contributed by atoms with Gasteiger partial charge in [-0.15, -0.1) is 0 Å². The van der Waals surface area contributed by atoms with Crippen molar-refractivity contribution in [2.45, 2.75) is 6.92 Å². The Morgan fingerprint density at radius 2 is 2.06 bits per heavy atom. The summed E-state index contributed by atoms with van der Waals surface area (Å²) >= 11 is 6.03. The molecule has 1 aromatic heterocycles. The Morgan fingerprint density at radius 3 is 2.65 bits per heavy atom. The molecule has 0 unspecified atom stereocenters. The normalized spacial score (nSPS) is 10.8. The van der Waals surface area contributed by atoms with Crippen LogP contribution in [0.1, 0.15) is 15.9 Å². The van der Waals surface area contributed by atoms with E-state index in [0.717, 1.165) is 0 Å². The Labute approximate surface area is 102 Å². The highest BCUT2D eigenvalue weighted by atomic mass is 35.5. The highest BCUT2D eigenvalue weighted by molar-refractivity contribution is 6.35. The lowest BCUT2D eigenvalue weighted by Crippen LogP contribution is -2.26. The number of benzene rings is 1. The fourth-order valence-corrected chi connectivity index (χ4v) is 2.28. The van der Waals surface area contributed by atoms with Crippen molar-refractivity contribution >= 4 is 28.5 Å². The number of aromatic nitrogens is 1. The van der Waals surface area contributed by atoms with Crippen molar-refractivity contribution in [1.29, 1.82) is 0 Å². The molecule has 5 heteroatoms. The summed E-state index contributed by atoms with van der Waals surface area (Å²) in [7, 11) is 1.52. The van der Waals surface area contributed by atoms with E-state index in [1.54, 1.807) is 25.1 Å².